The molecule has 1 aromatic heterocycles. The first-order chi connectivity index (χ1) is 12.9. The first kappa shape index (κ1) is 19.5. The third-order valence-corrected chi connectivity index (χ3v) is 5.96. The van der Waals surface area contributed by atoms with Crippen LogP contribution in [0.2, 0.25) is 0 Å². The summed E-state index contributed by atoms with van der Waals surface area (Å²) < 4.78 is 38.0. The Morgan fingerprint density at radius 1 is 1.33 bits per heavy atom. The second-order valence-corrected chi connectivity index (χ2v) is 8.27. The number of hydrogen-bond acceptors (Lipinski definition) is 6. The fourth-order valence-electron chi connectivity index (χ4n) is 2.92. The number of ether oxygens (including phenoxy) is 1. The number of amides is 1. The minimum atomic E-state index is -3.71. The summed E-state index contributed by atoms with van der Waals surface area (Å²) in [7, 11) is -3.71. The van der Waals surface area contributed by atoms with Gasteiger partial charge in [0.05, 0.1) is 16.7 Å². The molecule has 2 aromatic rings. The lowest BCUT2D eigenvalue weighted by molar-refractivity contribution is 0.0950. The zero-order valence-electron chi connectivity index (χ0n) is 15.3. The standard InChI is InChI=1S/C18H23N3O5S/c1-12-17(13(2)26-21-12)11-19-18(22)14-5-3-7-16(9-14)27(23,24)20-10-15-6-4-8-25-15/h3,5,7,9,15,20H,4,6,8,10-11H2,1-2H3,(H,19,22). The zero-order valence-corrected chi connectivity index (χ0v) is 16.1. The maximum absolute atomic E-state index is 12.5. The normalized spacial score (nSPS) is 17.2. The second kappa shape index (κ2) is 8.20. The number of carbonyl (C=O) groups is 1. The molecule has 1 aliphatic heterocycles. The van der Waals surface area contributed by atoms with Crippen molar-refractivity contribution in [2.24, 2.45) is 0 Å². The summed E-state index contributed by atoms with van der Waals surface area (Å²) in [6, 6.07) is 5.94. The molecule has 0 aliphatic carbocycles. The Hall–Kier alpha value is -2.23. The van der Waals surface area contributed by atoms with Crippen molar-refractivity contribution >= 4 is 15.9 Å². The van der Waals surface area contributed by atoms with Crippen LogP contribution in [0.5, 0.6) is 0 Å². The number of aromatic nitrogens is 1. The SMILES string of the molecule is Cc1noc(C)c1CNC(=O)c1cccc(S(=O)(=O)NCC2CCCO2)c1. The minimum Gasteiger partial charge on any atom is -0.377 e. The molecule has 1 atom stereocenters. The largest absolute Gasteiger partial charge is 0.377 e. The molecule has 1 aromatic carbocycles. The van der Waals surface area contributed by atoms with E-state index in [0.29, 0.717) is 18.1 Å². The van der Waals surface area contributed by atoms with Gasteiger partial charge in [0.15, 0.2) is 0 Å². The van der Waals surface area contributed by atoms with Gasteiger partial charge in [-0.1, -0.05) is 11.2 Å². The minimum absolute atomic E-state index is 0.0467. The van der Waals surface area contributed by atoms with Gasteiger partial charge >= 0.3 is 0 Å². The molecule has 0 bridgehead atoms. The van der Waals surface area contributed by atoms with E-state index in [1.165, 1.54) is 12.1 Å². The summed E-state index contributed by atoms with van der Waals surface area (Å²) >= 11 is 0. The van der Waals surface area contributed by atoms with Crippen molar-refractivity contribution < 1.29 is 22.5 Å². The van der Waals surface area contributed by atoms with Crippen LogP contribution >= 0.6 is 0 Å². The van der Waals surface area contributed by atoms with Crippen molar-refractivity contribution in [3.8, 4) is 0 Å². The number of carbonyl (C=O) groups excluding carboxylic acids is 1. The molecule has 3 rings (SSSR count). The average Bonchev–Trinajstić information content (AvgIpc) is 3.29. The Labute approximate surface area is 158 Å². The van der Waals surface area contributed by atoms with Crippen LogP contribution in [0.1, 0.15) is 40.2 Å². The molecule has 0 spiro atoms. The molecule has 146 valence electrons. The lowest BCUT2D eigenvalue weighted by Crippen LogP contribution is -2.32. The Balaban J connectivity index is 1.65. The number of rotatable bonds is 7. The predicted octanol–water partition coefficient (Wildman–Crippen LogP) is 1.68. The van der Waals surface area contributed by atoms with Gasteiger partial charge in [0.2, 0.25) is 10.0 Å². The van der Waals surface area contributed by atoms with E-state index in [9.17, 15) is 13.2 Å². The van der Waals surface area contributed by atoms with Crippen LogP contribution in [0.3, 0.4) is 0 Å². The van der Waals surface area contributed by atoms with E-state index < -0.39 is 10.0 Å². The Kier molecular flexibility index (Phi) is 5.93. The molecule has 1 aliphatic rings. The van der Waals surface area contributed by atoms with Gasteiger partial charge in [-0.25, -0.2) is 13.1 Å². The van der Waals surface area contributed by atoms with Gasteiger partial charge in [-0.15, -0.1) is 0 Å². The summed E-state index contributed by atoms with van der Waals surface area (Å²) in [5, 5.41) is 6.61. The van der Waals surface area contributed by atoms with Crippen LogP contribution in [0.4, 0.5) is 0 Å². The van der Waals surface area contributed by atoms with Gasteiger partial charge in [-0.2, -0.15) is 0 Å². The van der Waals surface area contributed by atoms with Gasteiger partial charge < -0.3 is 14.6 Å². The maximum Gasteiger partial charge on any atom is 0.251 e. The first-order valence-corrected chi connectivity index (χ1v) is 10.3. The van der Waals surface area contributed by atoms with Crippen molar-refractivity contribution in [3.05, 3.63) is 46.8 Å². The summed E-state index contributed by atoms with van der Waals surface area (Å²) in [6.07, 6.45) is 1.68. The van der Waals surface area contributed by atoms with Gasteiger partial charge in [-0.3, -0.25) is 4.79 Å². The molecular weight excluding hydrogens is 370 g/mol. The Morgan fingerprint density at radius 3 is 2.81 bits per heavy atom. The van der Waals surface area contributed by atoms with Crippen molar-refractivity contribution in [2.45, 2.75) is 44.2 Å². The van der Waals surface area contributed by atoms with Crippen LogP contribution in [0.15, 0.2) is 33.7 Å². The molecule has 27 heavy (non-hydrogen) atoms. The molecule has 1 amide bonds. The number of aryl methyl sites for hydroxylation is 2. The monoisotopic (exact) mass is 393 g/mol. The van der Waals surface area contributed by atoms with Gasteiger partial charge in [0.1, 0.15) is 5.76 Å². The highest BCUT2D eigenvalue weighted by Gasteiger charge is 2.21. The quantitative estimate of drug-likeness (QED) is 0.740. The molecular formula is C18H23N3O5S. The topological polar surface area (TPSA) is 111 Å². The molecule has 1 saturated heterocycles. The summed E-state index contributed by atoms with van der Waals surface area (Å²) in [5.74, 6) is 0.272. The van der Waals surface area contributed by atoms with Crippen LogP contribution in [0.25, 0.3) is 0 Å². The smallest absolute Gasteiger partial charge is 0.251 e. The fraction of sp³-hybridized carbons (Fsp3) is 0.444. The van der Waals surface area contributed by atoms with Crippen LogP contribution in [0, 0.1) is 13.8 Å². The van der Waals surface area contributed by atoms with Gasteiger partial charge in [0, 0.05) is 30.8 Å². The Bertz CT molecular complexity index is 897. The van der Waals surface area contributed by atoms with Gasteiger partial charge in [0.25, 0.3) is 5.91 Å². The highest BCUT2D eigenvalue weighted by atomic mass is 32.2. The number of hydrogen-bond donors (Lipinski definition) is 2. The van der Waals surface area contributed by atoms with Crippen molar-refractivity contribution in [1.29, 1.82) is 0 Å². The summed E-state index contributed by atoms with van der Waals surface area (Å²) in [4.78, 5) is 12.5. The van der Waals surface area contributed by atoms with Gasteiger partial charge in [-0.05, 0) is 44.9 Å². The highest BCUT2D eigenvalue weighted by molar-refractivity contribution is 7.89. The third-order valence-electron chi connectivity index (χ3n) is 4.54. The number of nitrogens with one attached hydrogen (secondary N) is 2. The second-order valence-electron chi connectivity index (χ2n) is 6.50. The van der Waals surface area contributed by atoms with Crippen LogP contribution in [-0.4, -0.2) is 38.7 Å². The highest BCUT2D eigenvalue weighted by Crippen LogP contribution is 2.15. The molecule has 8 nitrogen and oxygen atoms in total. The van der Waals surface area contributed by atoms with E-state index in [2.05, 4.69) is 15.2 Å². The number of sulfonamides is 1. The maximum atomic E-state index is 12.5. The van der Waals surface area contributed by atoms with E-state index >= 15 is 0 Å². The average molecular weight is 393 g/mol. The van der Waals surface area contributed by atoms with Crippen molar-refractivity contribution in [2.75, 3.05) is 13.2 Å². The van der Waals surface area contributed by atoms with Crippen LogP contribution < -0.4 is 10.0 Å². The van der Waals surface area contributed by atoms with Crippen LogP contribution in [-0.2, 0) is 21.3 Å². The summed E-state index contributed by atoms with van der Waals surface area (Å²) in [5.41, 5.74) is 1.79. The van der Waals surface area contributed by atoms with E-state index in [1.807, 2.05) is 0 Å². The molecule has 9 heteroatoms. The van der Waals surface area contributed by atoms with Crippen molar-refractivity contribution in [1.82, 2.24) is 15.2 Å². The molecule has 1 unspecified atom stereocenters. The molecule has 0 radical (unpaired) electrons. The van der Waals surface area contributed by atoms with Crippen molar-refractivity contribution in [3.63, 3.8) is 0 Å². The first-order valence-electron chi connectivity index (χ1n) is 8.78. The number of nitrogens with zero attached hydrogens (tertiary/aromatic N) is 1. The van der Waals surface area contributed by atoms with E-state index in [1.54, 1.807) is 26.0 Å². The lowest BCUT2D eigenvalue weighted by Gasteiger charge is -2.12. The Morgan fingerprint density at radius 2 is 2.15 bits per heavy atom. The van der Waals surface area contributed by atoms with E-state index in [4.69, 9.17) is 9.26 Å². The third kappa shape index (κ3) is 4.74. The molecule has 1 fully saturated rings. The zero-order chi connectivity index (χ0) is 19.4. The summed E-state index contributed by atoms with van der Waals surface area (Å²) in [6.45, 7) is 4.71. The molecule has 2 heterocycles. The fourth-order valence-corrected chi connectivity index (χ4v) is 4.03. The predicted molar refractivity (Wildman–Crippen MR) is 97.8 cm³/mol. The van der Waals surface area contributed by atoms with E-state index in [-0.39, 0.29) is 35.6 Å². The lowest BCUT2D eigenvalue weighted by atomic mass is 10.2. The molecule has 0 saturated carbocycles. The number of benzene rings is 1. The van der Waals surface area contributed by atoms with E-state index in [0.717, 1.165) is 18.4 Å². The molecule has 2 N–H and O–H groups in total.